The molecule has 0 fully saturated rings. The van der Waals surface area contributed by atoms with E-state index in [9.17, 15) is 14.7 Å². The predicted molar refractivity (Wildman–Crippen MR) is 57.7 cm³/mol. The molecule has 1 aliphatic heterocycles. The zero-order valence-corrected chi connectivity index (χ0v) is 12.1. The van der Waals surface area contributed by atoms with Crippen LogP contribution in [0.4, 0.5) is 4.79 Å². The molecule has 3 amide bonds. The van der Waals surface area contributed by atoms with Crippen molar-refractivity contribution in [3.8, 4) is 0 Å². The molecule has 1 rings (SSSR count). The topological polar surface area (TPSA) is 81.6 Å². The minimum Gasteiger partial charge on any atom is -0.861 e. The maximum Gasteiger partial charge on any atom is 1.00 e. The summed E-state index contributed by atoms with van der Waals surface area (Å²) in [4.78, 5) is 25.9. The molecule has 1 N–H and O–H groups in total. The Balaban J connectivity index is 0.00000256. The number of amides is 3. The van der Waals surface area contributed by atoms with Gasteiger partial charge in [-0.2, -0.15) is 0 Å². The maximum absolute atomic E-state index is 11.8. The second-order valence-corrected chi connectivity index (χ2v) is 3.89. The summed E-state index contributed by atoms with van der Waals surface area (Å²) >= 11 is 0. The van der Waals surface area contributed by atoms with Gasteiger partial charge in [-0.15, -0.1) is 13.2 Å². The van der Waals surface area contributed by atoms with Crippen molar-refractivity contribution in [1.82, 2.24) is 5.32 Å². The molecule has 17 heavy (non-hydrogen) atoms. The van der Waals surface area contributed by atoms with Crippen LogP contribution in [0, 0.1) is 5.41 Å². The van der Waals surface area contributed by atoms with E-state index in [1.807, 2.05) is 5.32 Å². The van der Waals surface area contributed by atoms with E-state index < -0.39 is 23.3 Å². The second kappa shape index (κ2) is 6.14. The molecule has 0 aromatic rings. The van der Waals surface area contributed by atoms with Crippen molar-refractivity contribution >= 4 is 17.8 Å². The van der Waals surface area contributed by atoms with E-state index >= 15 is 0 Å². The van der Waals surface area contributed by atoms with E-state index in [-0.39, 0.29) is 42.4 Å². The van der Waals surface area contributed by atoms with Gasteiger partial charge in [0.1, 0.15) is 0 Å². The summed E-state index contributed by atoms with van der Waals surface area (Å²) in [5, 5.41) is 13.8. The average molecular weight is 244 g/mol. The van der Waals surface area contributed by atoms with E-state index in [2.05, 4.69) is 18.2 Å². The van der Waals surface area contributed by atoms with Crippen LogP contribution in [0.1, 0.15) is 19.8 Å². The minimum absolute atomic E-state index is 0. The first kappa shape index (κ1) is 16.1. The quantitative estimate of drug-likeness (QED) is 0.439. The average Bonchev–Trinajstić information content (AvgIpc) is 2.13. The SMILES string of the molecule is C=CCC1(CC(=C)C)C(=O)NC(=O)N=C1[O-].[Na+]. The van der Waals surface area contributed by atoms with Crippen LogP contribution in [-0.4, -0.2) is 17.8 Å². The second-order valence-electron chi connectivity index (χ2n) is 3.89. The van der Waals surface area contributed by atoms with Crippen LogP contribution in [0.5, 0.6) is 0 Å². The number of hydrogen-bond acceptors (Lipinski definition) is 3. The third-order valence-electron chi connectivity index (χ3n) is 2.36. The van der Waals surface area contributed by atoms with Crippen molar-refractivity contribution in [2.24, 2.45) is 10.4 Å². The van der Waals surface area contributed by atoms with Crippen molar-refractivity contribution in [1.29, 1.82) is 0 Å². The zero-order chi connectivity index (χ0) is 12.3. The molecule has 0 bridgehead atoms. The van der Waals surface area contributed by atoms with Crippen LogP contribution in [0.15, 0.2) is 29.8 Å². The Labute approximate surface area is 122 Å². The maximum atomic E-state index is 11.8. The van der Waals surface area contributed by atoms with Crippen molar-refractivity contribution in [3.63, 3.8) is 0 Å². The molecular formula is C11H13N2NaO3. The molecule has 1 aliphatic rings. The number of rotatable bonds is 4. The molecule has 0 spiro atoms. The van der Waals surface area contributed by atoms with Gasteiger partial charge in [-0.3, -0.25) is 10.1 Å². The number of urea groups is 1. The van der Waals surface area contributed by atoms with E-state index in [4.69, 9.17) is 0 Å². The molecule has 1 unspecified atom stereocenters. The standard InChI is InChI=1S/C11H14N2O3.Na/c1-4-5-11(6-7(2)3)8(14)12-10(16)13-9(11)15;/h4H,1-2,5-6H2,3H3,(H2,12,13,14,15,16);/q;+1/p-1. The minimum atomic E-state index is -1.35. The molecule has 0 saturated carbocycles. The Hall–Kier alpha value is -0.910. The Kier molecular flexibility index (Phi) is 5.81. The van der Waals surface area contributed by atoms with Gasteiger partial charge in [-0.1, -0.05) is 11.6 Å². The van der Waals surface area contributed by atoms with E-state index in [1.54, 1.807) is 6.92 Å². The van der Waals surface area contributed by atoms with Crippen molar-refractivity contribution in [2.75, 3.05) is 0 Å². The molecule has 86 valence electrons. The van der Waals surface area contributed by atoms with Crippen LogP contribution in [0.25, 0.3) is 0 Å². The Bertz CT molecular complexity index is 404. The number of carbonyl (C=O) groups excluding carboxylic acids is 2. The first-order chi connectivity index (χ1) is 7.42. The summed E-state index contributed by atoms with van der Waals surface area (Å²) < 4.78 is 0. The molecule has 5 nitrogen and oxygen atoms in total. The Morgan fingerprint density at radius 2 is 2.18 bits per heavy atom. The van der Waals surface area contributed by atoms with Gasteiger partial charge < -0.3 is 5.11 Å². The van der Waals surface area contributed by atoms with Gasteiger partial charge in [0.2, 0.25) is 5.91 Å². The predicted octanol–water partition coefficient (Wildman–Crippen LogP) is -2.47. The van der Waals surface area contributed by atoms with Gasteiger partial charge >= 0.3 is 35.6 Å². The summed E-state index contributed by atoms with van der Waals surface area (Å²) in [6, 6.07) is -0.906. The number of nitrogens with zero attached hydrogens (tertiary/aromatic N) is 1. The van der Waals surface area contributed by atoms with Crippen LogP contribution in [0.3, 0.4) is 0 Å². The van der Waals surface area contributed by atoms with Crippen LogP contribution >= 0.6 is 0 Å². The monoisotopic (exact) mass is 244 g/mol. The van der Waals surface area contributed by atoms with Crippen LogP contribution < -0.4 is 40.0 Å². The number of imide groups is 1. The van der Waals surface area contributed by atoms with Gasteiger partial charge in [0.05, 0.1) is 5.41 Å². The summed E-state index contributed by atoms with van der Waals surface area (Å²) in [6.45, 7) is 8.89. The van der Waals surface area contributed by atoms with Gasteiger partial charge in [-0.05, 0) is 25.7 Å². The number of aliphatic imine (C=N–C) groups is 1. The van der Waals surface area contributed by atoms with Crippen molar-refractivity contribution in [3.05, 3.63) is 24.8 Å². The largest absolute Gasteiger partial charge is 1.00 e. The third kappa shape index (κ3) is 3.28. The van der Waals surface area contributed by atoms with Crippen LogP contribution in [0.2, 0.25) is 0 Å². The fourth-order valence-corrected chi connectivity index (χ4v) is 1.71. The molecule has 6 heteroatoms. The molecular weight excluding hydrogens is 231 g/mol. The molecule has 0 radical (unpaired) electrons. The first-order valence-electron chi connectivity index (χ1n) is 4.79. The van der Waals surface area contributed by atoms with E-state index in [1.165, 1.54) is 6.08 Å². The summed E-state index contributed by atoms with van der Waals surface area (Å²) in [5.74, 6) is -1.34. The number of carbonyl (C=O) groups is 2. The first-order valence-corrected chi connectivity index (χ1v) is 4.79. The zero-order valence-electron chi connectivity index (χ0n) is 10.1. The van der Waals surface area contributed by atoms with Gasteiger partial charge in [0.15, 0.2) is 0 Å². The molecule has 0 aliphatic carbocycles. The smallest absolute Gasteiger partial charge is 0.861 e. The fourth-order valence-electron chi connectivity index (χ4n) is 1.71. The third-order valence-corrected chi connectivity index (χ3v) is 2.36. The summed E-state index contributed by atoms with van der Waals surface area (Å²) in [5.41, 5.74) is -0.670. The normalized spacial score (nSPS) is 23.2. The van der Waals surface area contributed by atoms with Gasteiger partial charge in [0.25, 0.3) is 0 Å². The molecule has 1 heterocycles. The molecule has 1 atom stereocenters. The van der Waals surface area contributed by atoms with Crippen molar-refractivity contribution < 1.29 is 44.3 Å². The Morgan fingerprint density at radius 3 is 2.59 bits per heavy atom. The Morgan fingerprint density at radius 1 is 1.59 bits per heavy atom. The van der Waals surface area contributed by atoms with Crippen LogP contribution in [-0.2, 0) is 4.79 Å². The molecule has 0 aromatic carbocycles. The molecule has 0 aromatic heterocycles. The van der Waals surface area contributed by atoms with Gasteiger partial charge in [-0.25, -0.2) is 9.79 Å². The number of allylic oxidation sites excluding steroid dienone is 2. The van der Waals surface area contributed by atoms with Gasteiger partial charge in [0, 0.05) is 0 Å². The summed E-state index contributed by atoms with van der Waals surface area (Å²) in [7, 11) is 0. The molecule has 0 saturated heterocycles. The number of nitrogens with one attached hydrogen (secondary N) is 1. The van der Waals surface area contributed by atoms with E-state index in [0.29, 0.717) is 5.57 Å². The van der Waals surface area contributed by atoms with Crippen molar-refractivity contribution in [2.45, 2.75) is 19.8 Å². The fraction of sp³-hybridized carbons (Fsp3) is 0.364. The van der Waals surface area contributed by atoms with E-state index in [0.717, 1.165) is 0 Å². The number of hydrogen-bond donors (Lipinski definition) is 1. The summed E-state index contributed by atoms with van der Waals surface area (Å²) in [6.07, 6.45) is 1.77.